The minimum Gasteiger partial charge on any atom is -0.396 e. The lowest BCUT2D eigenvalue weighted by molar-refractivity contribution is 0.252. The monoisotopic (exact) mass is 302 g/mol. The maximum atomic E-state index is 11.6. The summed E-state index contributed by atoms with van der Waals surface area (Å²) in [6.45, 7) is 2.72. The van der Waals surface area contributed by atoms with Crippen LogP contribution in [0.4, 0.5) is 10.5 Å². The number of halogens is 1. The fraction of sp³-hybridized carbons (Fsp3) is 0.462. The van der Waals surface area contributed by atoms with E-state index in [4.69, 9.17) is 16.7 Å². The van der Waals surface area contributed by atoms with Gasteiger partial charge in [0.25, 0.3) is 0 Å². The number of hydrogen-bond donors (Lipinski definition) is 3. The van der Waals surface area contributed by atoms with E-state index >= 15 is 0 Å². The number of thioether (sulfide) groups is 1. The Bertz CT molecular complexity index is 416. The number of urea groups is 1. The average molecular weight is 303 g/mol. The van der Waals surface area contributed by atoms with Crippen molar-refractivity contribution in [3.8, 4) is 0 Å². The van der Waals surface area contributed by atoms with Gasteiger partial charge in [-0.2, -0.15) is 11.8 Å². The number of hydrogen-bond acceptors (Lipinski definition) is 3. The van der Waals surface area contributed by atoms with Crippen molar-refractivity contribution in [1.29, 1.82) is 0 Å². The topological polar surface area (TPSA) is 61.4 Å². The van der Waals surface area contributed by atoms with E-state index in [0.29, 0.717) is 11.6 Å². The molecule has 0 unspecified atom stereocenters. The first-order chi connectivity index (χ1) is 9.13. The van der Waals surface area contributed by atoms with Gasteiger partial charge in [-0.15, -0.1) is 0 Å². The molecule has 0 fully saturated rings. The van der Waals surface area contributed by atoms with E-state index in [2.05, 4.69) is 10.6 Å². The first-order valence-electron chi connectivity index (χ1n) is 6.13. The molecule has 0 radical (unpaired) electrons. The van der Waals surface area contributed by atoms with Gasteiger partial charge < -0.3 is 15.7 Å². The maximum Gasteiger partial charge on any atom is 0.319 e. The quantitative estimate of drug-likeness (QED) is 0.679. The van der Waals surface area contributed by atoms with Crippen molar-refractivity contribution in [1.82, 2.24) is 5.32 Å². The van der Waals surface area contributed by atoms with Gasteiger partial charge in [-0.05, 0) is 42.9 Å². The number of amides is 2. The smallest absolute Gasteiger partial charge is 0.319 e. The van der Waals surface area contributed by atoms with E-state index in [9.17, 15) is 4.79 Å². The molecule has 1 aromatic carbocycles. The van der Waals surface area contributed by atoms with Crippen molar-refractivity contribution in [2.45, 2.75) is 13.3 Å². The summed E-state index contributed by atoms with van der Waals surface area (Å²) in [6.07, 6.45) is 0.792. The maximum absolute atomic E-state index is 11.6. The van der Waals surface area contributed by atoms with Crippen molar-refractivity contribution >= 4 is 35.1 Å². The van der Waals surface area contributed by atoms with Crippen molar-refractivity contribution in [3.63, 3.8) is 0 Å². The van der Waals surface area contributed by atoms with Gasteiger partial charge in [0.15, 0.2) is 0 Å². The predicted octanol–water partition coefficient (Wildman–Crippen LogP) is 2.89. The molecule has 0 aromatic heterocycles. The summed E-state index contributed by atoms with van der Waals surface area (Å²) in [4.78, 5) is 11.6. The Labute approximate surface area is 122 Å². The normalized spacial score (nSPS) is 10.3. The zero-order valence-electron chi connectivity index (χ0n) is 10.9. The summed E-state index contributed by atoms with van der Waals surface area (Å²) in [5.41, 5.74) is 1.69. The molecule has 0 aliphatic rings. The largest absolute Gasteiger partial charge is 0.396 e. The van der Waals surface area contributed by atoms with Crippen LogP contribution in [-0.4, -0.2) is 35.8 Å². The molecule has 0 bridgehead atoms. The van der Waals surface area contributed by atoms with E-state index in [-0.39, 0.29) is 12.6 Å². The van der Waals surface area contributed by atoms with Gasteiger partial charge in [0.1, 0.15) is 0 Å². The Hall–Kier alpha value is -0.910. The number of anilines is 1. The number of carbonyl (C=O) groups is 1. The first kappa shape index (κ1) is 16.1. The molecule has 1 aromatic rings. The minimum atomic E-state index is -0.215. The fourth-order valence-electron chi connectivity index (χ4n) is 1.44. The van der Waals surface area contributed by atoms with Crippen LogP contribution in [0, 0.1) is 6.92 Å². The number of nitrogens with one attached hydrogen (secondary N) is 2. The summed E-state index contributed by atoms with van der Waals surface area (Å²) in [7, 11) is 0. The minimum absolute atomic E-state index is 0.215. The Kier molecular flexibility index (Phi) is 7.70. The molecule has 106 valence electrons. The van der Waals surface area contributed by atoms with Gasteiger partial charge in [-0.1, -0.05) is 11.6 Å². The zero-order valence-corrected chi connectivity index (χ0v) is 12.5. The van der Waals surface area contributed by atoms with Crippen LogP contribution in [0.5, 0.6) is 0 Å². The molecule has 6 heteroatoms. The molecule has 3 N–H and O–H groups in total. The van der Waals surface area contributed by atoms with Crippen LogP contribution in [0.1, 0.15) is 12.0 Å². The second-order valence-corrected chi connectivity index (χ2v) is 5.69. The molecule has 1 rings (SSSR count). The van der Waals surface area contributed by atoms with Gasteiger partial charge in [-0.25, -0.2) is 4.79 Å². The summed E-state index contributed by atoms with van der Waals surface area (Å²) < 4.78 is 0. The van der Waals surface area contributed by atoms with Crippen LogP contribution >= 0.6 is 23.4 Å². The summed E-state index contributed by atoms with van der Waals surface area (Å²) in [5.74, 6) is 1.75. The second-order valence-electron chi connectivity index (χ2n) is 4.03. The van der Waals surface area contributed by atoms with Crippen molar-refractivity contribution < 1.29 is 9.90 Å². The highest BCUT2D eigenvalue weighted by Gasteiger charge is 2.04. The number of aliphatic hydroxyl groups is 1. The Balaban J connectivity index is 2.23. The molecule has 4 nitrogen and oxygen atoms in total. The van der Waals surface area contributed by atoms with Gasteiger partial charge in [-0.3, -0.25) is 0 Å². The Morgan fingerprint density at radius 2 is 2.21 bits per heavy atom. The molecule has 2 amide bonds. The van der Waals surface area contributed by atoms with Crippen LogP contribution in [-0.2, 0) is 0 Å². The third-order valence-electron chi connectivity index (χ3n) is 2.42. The molecule has 0 atom stereocenters. The van der Waals surface area contributed by atoms with E-state index in [0.717, 1.165) is 29.2 Å². The van der Waals surface area contributed by atoms with Gasteiger partial charge in [0, 0.05) is 29.6 Å². The summed E-state index contributed by atoms with van der Waals surface area (Å²) in [6, 6.07) is 5.12. The zero-order chi connectivity index (χ0) is 14.1. The molecule has 0 aliphatic heterocycles. The lowest BCUT2D eigenvalue weighted by Crippen LogP contribution is -2.30. The Morgan fingerprint density at radius 3 is 2.89 bits per heavy atom. The van der Waals surface area contributed by atoms with Gasteiger partial charge in [0.2, 0.25) is 0 Å². The average Bonchev–Trinajstić information content (AvgIpc) is 2.37. The highest BCUT2D eigenvalue weighted by atomic mass is 35.5. The van der Waals surface area contributed by atoms with Crippen LogP contribution < -0.4 is 10.6 Å². The Morgan fingerprint density at radius 1 is 1.42 bits per heavy atom. The van der Waals surface area contributed by atoms with E-state index < -0.39 is 0 Å². The second kappa shape index (κ2) is 9.07. The molecular formula is C13H19ClN2O2S. The predicted molar refractivity (Wildman–Crippen MR) is 82.2 cm³/mol. The van der Waals surface area contributed by atoms with Crippen LogP contribution in [0.2, 0.25) is 5.02 Å². The van der Waals surface area contributed by atoms with Crippen LogP contribution in [0.15, 0.2) is 18.2 Å². The molecule has 0 heterocycles. The number of benzene rings is 1. The first-order valence-corrected chi connectivity index (χ1v) is 7.66. The van der Waals surface area contributed by atoms with E-state index in [1.807, 2.05) is 13.0 Å². The SMILES string of the molecule is Cc1cc(Cl)ccc1NC(=O)NCCSCCCO. The lowest BCUT2D eigenvalue weighted by atomic mass is 10.2. The number of aryl methyl sites for hydroxylation is 1. The van der Waals surface area contributed by atoms with Crippen molar-refractivity contribution in [2.75, 3.05) is 30.0 Å². The summed E-state index contributed by atoms with van der Waals surface area (Å²) >= 11 is 7.56. The third kappa shape index (κ3) is 6.71. The van der Waals surface area contributed by atoms with E-state index in [1.54, 1.807) is 23.9 Å². The third-order valence-corrected chi connectivity index (χ3v) is 3.72. The molecule has 0 saturated carbocycles. The van der Waals surface area contributed by atoms with Crippen molar-refractivity contribution in [3.05, 3.63) is 28.8 Å². The van der Waals surface area contributed by atoms with Crippen LogP contribution in [0.25, 0.3) is 0 Å². The highest BCUT2D eigenvalue weighted by molar-refractivity contribution is 7.99. The lowest BCUT2D eigenvalue weighted by Gasteiger charge is -2.10. The standard InChI is InChI=1S/C13H19ClN2O2S/c1-10-9-11(14)3-4-12(10)16-13(18)15-5-8-19-7-2-6-17/h3-4,9,17H,2,5-8H2,1H3,(H2,15,16,18). The van der Waals surface area contributed by atoms with Gasteiger partial charge >= 0.3 is 6.03 Å². The van der Waals surface area contributed by atoms with Crippen molar-refractivity contribution in [2.24, 2.45) is 0 Å². The molecule has 0 aliphatic carbocycles. The van der Waals surface area contributed by atoms with Crippen LogP contribution in [0.3, 0.4) is 0 Å². The number of rotatable bonds is 7. The molecular weight excluding hydrogens is 284 g/mol. The fourth-order valence-corrected chi connectivity index (χ4v) is 2.45. The van der Waals surface area contributed by atoms with Gasteiger partial charge in [0.05, 0.1) is 0 Å². The highest BCUT2D eigenvalue weighted by Crippen LogP contribution is 2.19. The molecule has 19 heavy (non-hydrogen) atoms. The molecule has 0 saturated heterocycles. The molecule has 0 spiro atoms. The number of carbonyl (C=O) groups excluding carboxylic acids is 1. The summed E-state index contributed by atoms with van der Waals surface area (Å²) in [5, 5.41) is 14.8. The number of aliphatic hydroxyl groups excluding tert-OH is 1. The van der Waals surface area contributed by atoms with E-state index in [1.165, 1.54) is 0 Å².